The first-order valence-electron chi connectivity index (χ1n) is 14.8. The highest BCUT2D eigenvalue weighted by Gasteiger charge is 2.19. The van der Waals surface area contributed by atoms with Gasteiger partial charge >= 0.3 is 0 Å². The minimum Gasteiger partial charge on any atom is -0.309 e. The third-order valence-electron chi connectivity index (χ3n) is 8.64. The van der Waals surface area contributed by atoms with Gasteiger partial charge in [-0.2, -0.15) is 5.26 Å². The maximum absolute atomic E-state index is 10.6. The summed E-state index contributed by atoms with van der Waals surface area (Å²) in [7, 11) is 0. The molecule has 0 aliphatic carbocycles. The molecule has 6 aromatic carbocycles. The molecule has 0 fully saturated rings. The number of rotatable bonds is 3. The molecular formula is C40H23N5. The van der Waals surface area contributed by atoms with Crippen molar-refractivity contribution in [1.29, 1.82) is 5.26 Å². The third kappa shape index (κ3) is 3.97. The van der Waals surface area contributed by atoms with Crippen LogP contribution in [0.4, 0.5) is 0 Å². The molecule has 0 N–H and O–H groups in total. The van der Waals surface area contributed by atoms with E-state index in [0.717, 1.165) is 38.9 Å². The number of nitriles is 1. The molecule has 0 saturated heterocycles. The smallest absolute Gasteiger partial charge is 0.0999 e. The SMILES string of the molecule is N#Cc1cc(-n2c3cc4ccccc4cc3c3cc4ccccc4cc32)ccc1-c1nc2ccccc2nc1-c1cccnc1. The fourth-order valence-electron chi connectivity index (χ4n) is 6.53. The van der Waals surface area contributed by atoms with Gasteiger partial charge in [0.1, 0.15) is 0 Å². The minimum absolute atomic E-state index is 0.527. The summed E-state index contributed by atoms with van der Waals surface area (Å²) in [5.74, 6) is 0. The van der Waals surface area contributed by atoms with Crippen LogP contribution in [0, 0.1) is 11.3 Å². The molecule has 3 aromatic heterocycles. The number of pyridine rings is 1. The van der Waals surface area contributed by atoms with E-state index >= 15 is 0 Å². The summed E-state index contributed by atoms with van der Waals surface area (Å²) in [5, 5.41) is 17.7. The summed E-state index contributed by atoms with van der Waals surface area (Å²) in [5.41, 5.74) is 8.12. The Morgan fingerprint density at radius 1 is 0.556 bits per heavy atom. The van der Waals surface area contributed by atoms with Crippen molar-refractivity contribution in [3.63, 3.8) is 0 Å². The second-order valence-corrected chi connectivity index (χ2v) is 11.3. The lowest BCUT2D eigenvalue weighted by Crippen LogP contribution is -2.00. The van der Waals surface area contributed by atoms with Gasteiger partial charge in [-0.1, -0.05) is 60.7 Å². The topological polar surface area (TPSA) is 67.4 Å². The van der Waals surface area contributed by atoms with E-state index in [2.05, 4.69) is 94.5 Å². The molecule has 0 radical (unpaired) electrons. The van der Waals surface area contributed by atoms with Crippen LogP contribution in [0.1, 0.15) is 5.56 Å². The Bertz CT molecular complexity index is 2570. The van der Waals surface area contributed by atoms with E-state index in [9.17, 15) is 5.26 Å². The van der Waals surface area contributed by atoms with Crippen molar-refractivity contribution in [1.82, 2.24) is 19.5 Å². The van der Waals surface area contributed by atoms with Crippen molar-refractivity contribution in [2.45, 2.75) is 0 Å². The number of benzene rings is 6. The molecule has 0 spiro atoms. The predicted molar refractivity (Wildman–Crippen MR) is 182 cm³/mol. The Morgan fingerprint density at radius 2 is 1.13 bits per heavy atom. The van der Waals surface area contributed by atoms with Crippen molar-refractivity contribution in [3.05, 3.63) is 145 Å². The number of para-hydroxylation sites is 2. The van der Waals surface area contributed by atoms with Gasteiger partial charge in [-0.25, -0.2) is 9.97 Å². The fraction of sp³-hybridized carbons (Fsp3) is 0. The third-order valence-corrected chi connectivity index (χ3v) is 8.64. The molecule has 9 aromatic rings. The maximum atomic E-state index is 10.6. The highest BCUT2D eigenvalue weighted by atomic mass is 15.0. The zero-order chi connectivity index (χ0) is 29.9. The van der Waals surface area contributed by atoms with E-state index in [1.165, 1.54) is 32.3 Å². The molecule has 0 saturated carbocycles. The Hall–Kier alpha value is -6.38. The van der Waals surface area contributed by atoms with E-state index in [4.69, 9.17) is 9.97 Å². The molecule has 5 nitrogen and oxygen atoms in total. The van der Waals surface area contributed by atoms with E-state index in [1.54, 1.807) is 12.4 Å². The van der Waals surface area contributed by atoms with E-state index in [-0.39, 0.29) is 0 Å². The Labute approximate surface area is 258 Å². The standard InChI is InChI=1S/C40H23N5/c41-23-30-18-31(15-16-32(30)40-39(29-12-7-17-42-24-29)43-35-13-5-6-14-36(35)44-40)45-37-21-27-10-3-1-8-25(27)19-33(37)34-20-26-9-2-4-11-28(26)22-38(34)45/h1-22,24H. The summed E-state index contributed by atoms with van der Waals surface area (Å²) in [4.78, 5) is 14.4. The number of hydrogen-bond acceptors (Lipinski definition) is 4. The number of nitrogens with zero attached hydrogens (tertiary/aromatic N) is 5. The largest absolute Gasteiger partial charge is 0.309 e. The first kappa shape index (κ1) is 25.1. The molecule has 5 heteroatoms. The van der Waals surface area contributed by atoms with Gasteiger partial charge in [0.25, 0.3) is 0 Å². The van der Waals surface area contributed by atoms with Crippen LogP contribution < -0.4 is 0 Å². The van der Waals surface area contributed by atoms with Gasteiger partial charge in [0.15, 0.2) is 0 Å². The van der Waals surface area contributed by atoms with Gasteiger partial charge in [0, 0.05) is 40.0 Å². The van der Waals surface area contributed by atoms with Crippen LogP contribution >= 0.6 is 0 Å². The lowest BCUT2D eigenvalue weighted by molar-refractivity contribution is 1.18. The summed E-state index contributed by atoms with van der Waals surface area (Å²) in [6.45, 7) is 0. The Balaban J connectivity index is 1.33. The van der Waals surface area contributed by atoms with E-state index < -0.39 is 0 Å². The second-order valence-electron chi connectivity index (χ2n) is 11.3. The first-order chi connectivity index (χ1) is 22.2. The van der Waals surface area contributed by atoms with Crippen LogP contribution in [0.2, 0.25) is 0 Å². The van der Waals surface area contributed by atoms with Crippen molar-refractivity contribution in [2.75, 3.05) is 0 Å². The van der Waals surface area contributed by atoms with Crippen LogP contribution in [0.15, 0.2) is 140 Å². The molecule has 0 aliphatic rings. The monoisotopic (exact) mass is 573 g/mol. The van der Waals surface area contributed by atoms with E-state index in [1.807, 2.05) is 48.5 Å². The molecule has 45 heavy (non-hydrogen) atoms. The van der Waals surface area contributed by atoms with Crippen LogP contribution in [0.25, 0.3) is 82.6 Å². The summed E-state index contributed by atoms with van der Waals surface area (Å²) in [6.07, 6.45) is 3.53. The van der Waals surface area contributed by atoms with Crippen molar-refractivity contribution < 1.29 is 0 Å². The fourth-order valence-corrected chi connectivity index (χ4v) is 6.53. The lowest BCUT2D eigenvalue weighted by atomic mass is 9.99. The van der Waals surface area contributed by atoms with Crippen molar-refractivity contribution >= 4 is 54.4 Å². The summed E-state index contributed by atoms with van der Waals surface area (Å²) < 4.78 is 2.28. The van der Waals surface area contributed by atoms with E-state index in [0.29, 0.717) is 17.0 Å². The summed E-state index contributed by atoms with van der Waals surface area (Å²) >= 11 is 0. The van der Waals surface area contributed by atoms with Gasteiger partial charge in [-0.3, -0.25) is 4.98 Å². The molecule has 0 unspecified atom stereocenters. The highest BCUT2D eigenvalue weighted by molar-refractivity contribution is 6.16. The lowest BCUT2D eigenvalue weighted by Gasteiger charge is -2.14. The molecule has 3 heterocycles. The molecular weight excluding hydrogens is 550 g/mol. The summed E-state index contributed by atoms with van der Waals surface area (Å²) in [6, 6.07) is 46.2. The predicted octanol–water partition coefficient (Wildman–Crippen LogP) is 9.63. The average Bonchev–Trinajstić information content (AvgIpc) is 3.40. The van der Waals surface area contributed by atoms with Gasteiger partial charge in [0.05, 0.1) is 45.1 Å². The van der Waals surface area contributed by atoms with Crippen LogP contribution in [-0.2, 0) is 0 Å². The Morgan fingerprint density at radius 3 is 1.71 bits per heavy atom. The van der Waals surface area contributed by atoms with Crippen molar-refractivity contribution in [2.24, 2.45) is 0 Å². The molecule has 0 amide bonds. The highest BCUT2D eigenvalue weighted by Crippen LogP contribution is 2.39. The number of fused-ring (bicyclic) bond motifs is 6. The molecule has 0 aliphatic heterocycles. The number of aromatic nitrogens is 4. The quantitative estimate of drug-likeness (QED) is 0.211. The minimum atomic E-state index is 0.527. The zero-order valence-corrected chi connectivity index (χ0v) is 24.0. The first-order valence-corrected chi connectivity index (χ1v) is 14.8. The van der Waals surface area contributed by atoms with Gasteiger partial charge in [0.2, 0.25) is 0 Å². The molecule has 0 atom stereocenters. The molecule has 9 rings (SSSR count). The number of hydrogen-bond donors (Lipinski definition) is 0. The van der Waals surface area contributed by atoms with Gasteiger partial charge in [-0.05, 0) is 88.3 Å². The van der Waals surface area contributed by atoms with Crippen LogP contribution in [0.5, 0.6) is 0 Å². The molecule has 208 valence electrons. The molecule has 0 bridgehead atoms. The van der Waals surface area contributed by atoms with Crippen LogP contribution in [0.3, 0.4) is 0 Å². The maximum Gasteiger partial charge on any atom is 0.0999 e. The normalized spacial score (nSPS) is 11.5. The van der Waals surface area contributed by atoms with Crippen LogP contribution in [-0.4, -0.2) is 19.5 Å². The average molecular weight is 574 g/mol. The zero-order valence-electron chi connectivity index (χ0n) is 24.0. The van der Waals surface area contributed by atoms with Gasteiger partial charge in [-0.15, -0.1) is 0 Å². The van der Waals surface area contributed by atoms with Crippen molar-refractivity contribution in [3.8, 4) is 34.3 Å². The second kappa shape index (κ2) is 9.84. The Kier molecular flexibility index (Phi) is 5.50. The van der Waals surface area contributed by atoms with Gasteiger partial charge < -0.3 is 4.57 Å².